The summed E-state index contributed by atoms with van der Waals surface area (Å²) >= 11 is 0. The third kappa shape index (κ3) is 5.09. The molecule has 0 aromatic heterocycles. The molecule has 0 amide bonds. The van der Waals surface area contributed by atoms with Gasteiger partial charge in [0.2, 0.25) is 0 Å². The molecule has 0 unspecified atom stereocenters. The lowest BCUT2D eigenvalue weighted by Crippen LogP contribution is -1.99. The predicted octanol–water partition coefficient (Wildman–Crippen LogP) is 7.51. The summed E-state index contributed by atoms with van der Waals surface area (Å²) in [5.74, 6) is -4.04. The zero-order valence-corrected chi connectivity index (χ0v) is 15.5. The van der Waals surface area contributed by atoms with Crippen LogP contribution in [-0.2, 0) is 6.42 Å². The van der Waals surface area contributed by atoms with E-state index < -0.39 is 28.8 Å². The molecule has 2 aromatic rings. The van der Waals surface area contributed by atoms with E-state index in [1.165, 1.54) is 44.2 Å². The van der Waals surface area contributed by atoms with Gasteiger partial charge in [-0.2, -0.15) is 0 Å². The number of unbranched alkanes of at least 4 members (excludes halogenated alkanes) is 6. The largest absolute Gasteiger partial charge is 0.207 e. The molecule has 0 bridgehead atoms. The van der Waals surface area contributed by atoms with Gasteiger partial charge in [-0.25, -0.2) is 17.6 Å². The van der Waals surface area contributed by atoms with Crippen molar-refractivity contribution in [2.75, 3.05) is 0 Å². The van der Waals surface area contributed by atoms with Crippen molar-refractivity contribution in [3.05, 3.63) is 58.7 Å². The van der Waals surface area contributed by atoms with E-state index in [2.05, 4.69) is 6.92 Å². The van der Waals surface area contributed by atoms with Crippen molar-refractivity contribution in [3.8, 4) is 11.1 Å². The van der Waals surface area contributed by atoms with Crippen molar-refractivity contribution in [1.82, 2.24) is 0 Å². The maximum Gasteiger partial charge on any atom is 0.167 e. The minimum absolute atomic E-state index is 0.122. The SMILES string of the molecule is CCCCCCCCCc1ccc(-c2cc(F)c(C)c(F)c2F)c(F)c1. The van der Waals surface area contributed by atoms with Crippen LogP contribution in [0.1, 0.15) is 63.0 Å². The van der Waals surface area contributed by atoms with Gasteiger partial charge in [-0.15, -0.1) is 0 Å². The molecular weight excluding hydrogens is 340 g/mol. The monoisotopic (exact) mass is 366 g/mol. The Morgan fingerprint density at radius 3 is 2.00 bits per heavy atom. The van der Waals surface area contributed by atoms with Crippen molar-refractivity contribution < 1.29 is 17.6 Å². The lowest BCUT2D eigenvalue weighted by atomic mass is 9.98. The highest BCUT2D eigenvalue weighted by molar-refractivity contribution is 5.66. The number of benzene rings is 2. The zero-order valence-electron chi connectivity index (χ0n) is 15.5. The third-order valence-corrected chi connectivity index (χ3v) is 4.78. The molecule has 142 valence electrons. The molecule has 0 aliphatic carbocycles. The zero-order chi connectivity index (χ0) is 19.1. The summed E-state index contributed by atoms with van der Waals surface area (Å²) < 4.78 is 55.9. The maximum absolute atomic E-state index is 14.4. The Kier molecular flexibility index (Phi) is 7.67. The van der Waals surface area contributed by atoms with Crippen LogP contribution in [-0.4, -0.2) is 0 Å². The van der Waals surface area contributed by atoms with E-state index in [0.29, 0.717) is 0 Å². The standard InChI is InChI=1S/C22H26F4/c1-3-4-5-6-7-8-9-10-16-11-12-17(20(24)13-16)18-14-19(23)15(2)21(25)22(18)26/h11-14H,3-10H2,1-2H3. The van der Waals surface area contributed by atoms with E-state index in [4.69, 9.17) is 0 Å². The molecule has 2 rings (SSSR count). The van der Waals surface area contributed by atoms with E-state index in [1.807, 2.05) is 0 Å². The number of hydrogen-bond donors (Lipinski definition) is 0. The first kappa shape index (κ1) is 20.5. The molecule has 0 heterocycles. The normalized spacial score (nSPS) is 11.2. The van der Waals surface area contributed by atoms with E-state index in [9.17, 15) is 17.6 Å². The minimum atomic E-state index is -1.27. The molecule has 4 heteroatoms. The van der Waals surface area contributed by atoms with Crippen LogP contribution < -0.4 is 0 Å². The van der Waals surface area contributed by atoms with Gasteiger partial charge in [0.15, 0.2) is 11.6 Å². The number of hydrogen-bond acceptors (Lipinski definition) is 0. The summed E-state index contributed by atoms with van der Waals surface area (Å²) in [5, 5.41) is 0. The van der Waals surface area contributed by atoms with Crippen LogP contribution in [0.2, 0.25) is 0 Å². The highest BCUT2D eigenvalue weighted by atomic mass is 19.2. The van der Waals surface area contributed by atoms with Crippen LogP contribution in [0, 0.1) is 30.2 Å². The molecule has 0 N–H and O–H groups in total. The van der Waals surface area contributed by atoms with Crippen LogP contribution in [0.25, 0.3) is 11.1 Å². The van der Waals surface area contributed by atoms with Gasteiger partial charge in [0.25, 0.3) is 0 Å². The van der Waals surface area contributed by atoms with Crippen LogP contribution in [0.4, 0.5) is 17.6 Å². The molecule has 0 atom stereocenters. The second-order valence-corrected chi connectivity index (χ2v) is 6.84. The average molecular weight is 366 g/mol. The second-order valence-electron chi connectivity index (χ2n) is 6.84. The molecule has 2 aromatic carbocycles. The van der Waals surface area contributed by atoms with Crippen LogP contribution in [0.5, 0.6) is 0 Å². The van der Waals surface area contributed by atoms with E-state index in [-0.39, 0.29) is 11.1 Å². The lowest BCUT2D eigenvalue weighted by molar-refractivity contribution is 0.488. The maximum atomic E-state index is 14.4. The molecule has 0 saturated carbocycles. The van der Waals surface area contributed by atoms with E-state index >= 15 is 0 Å². The number of aryl methyl sites for hydroxylation is 1. The smallest absolute Gasteiger partial charge is 0.167 e. The fourth-order valence-corrected chi connectivity index (χ4v) is 3.10. The van der Waals surface area contributed by atoms with Gasteiger partial charge in [0.05, 0.1) is 0 Å². The van der Waals surface area contributed by atoms with Crippen LogP contribution >= 0.6 is 0 Å². The van der Waals surface area contributed by atoms with Crippen molar-refractivity contribution >= 4 is 0 Å². The lowest BCUT2D eigenvalue weighted by Gasteiger charge is -2.10. The second kappa shape index (κ2) is 9.75. The van der Waals surface area contributed by atoms with Crippen molar-refractivity contribution in [2.24, 2.45) is 0 Å². The number of halogens is 4. The third-order valence-electron chi connectivity index (χ3n) is 4.78. The Morgan fingerprint density at radius 2 is 1.35 bits per heavy atom. The summed E-state index contributed by atoms with van der Waals surface area (Å²) in [4.78, 5) is 0. The first-order valence-electron chi connectivity index (χ1n) is 9.38. The molecule has 26 heavy (non-hydrogen) atoms. The van der Waals surface area contributed by atoms with Crippen molar-refractivity contribution in [2.45, 2.75) is 65.2 Å². The number of rotatable bonds is 9. The van der Waals surface area contributed by atoms with Crippen LogP contribution in [0.3, 0.4) is 0 Å². The Bertz CT molecular complexity index is 737. The quantitative estimate of drug-likeness (QED) is 0.245. The van der Waals surface area contributed by atoms with Crippen LogP contribution in [0.15, 0.2) is 24.3 Å². The fourth-order valence-electron chi connectivity index (χ4n) is 3.10. The highest BCUT2D eigenvalue weighted by Gasteiger charge is 2.19. The van der Waals surface area contributed by atoms with E-state index in [1.54, 1.807) is 6.07 Å². The molecule has 0 fully saturated rings. The predicted molar refractivity (Wildman–Crippen MR) is 98.1 cm³/mol. The molecule has 0 aliphatic heterocycles. The molecule has 0 aliphatic rings. The van der Waals surface area contributed by atoms with Crippen molar-refractivity contribution in [1.29, 1.82) is 0 Å². The van der Waals surface area contributed by atoms with Gasteiger partial charge in [-0.3, -0.25) is 0 Å². The summed E-state index contributed by atoms with van der Waals surface area (Å²) in [6, 6.07) is 5.28. The Morgan fingerprint density at radius 1 is 0.692 bits per heavy atom. The fraction of sp³-hybridized carbons (Fsp3) is 0.455. The molecular formula is C22H26F4. The van der Waals surface area contributed by atoms with Gasteiger partial charge in [-0.1, -0.05) is 57.6 Å². The van der Waals surface area contributed by atoms with E-state index in [0.717, 1.165) is 37.8 Å². The first-order valence-corrected chi connectivity index (χ1v) is 9.38. The van der Waals surface area contributed by atoms with Crippen molar-refractivity contribution in [3.63, 3.8) is 0 Å². The van der Waals surface area contributed by atoms with Gasteiger partial charge in [0, 0.05) is 16.7 Å². The Balaban J connectivity index is 2.02. The average Bonchev–Trinajstić information content (AvgIpc) is 2.63. The summed E-state index contributed by atoms with van der Waals surface area (Å²) in [6.07, 6.45) is 8.95. The Labute approximate surface area is 153 Å². The summed E-state index contributed by atoms with van der Waals surface area (Å²) in [6.45, 7) is 3.34. The first-order chi connectivity index (χ1) is 12.5. The van der Waals surface area contributed by atoms with Gasteiger partial charge >= 0.3 is 0 Å². The molecule has 0 nitrogen and oxygen atoms in total. The summed E-state index contributed by atoms with van der Waals surface area (Å²) in [5.41, 5.74) is -0.0929. The molecule has 0 saturated heterocycles. The van der Waals surface area contributed by atoms with Gasteiger partial charge in [0.1, 0.15) is 11.6 Å². The summed E-state index contributed by atoms with van der Waals surface area (Å²) in [7, 11) is 0. The van der Waals surface area contributed by atoms with Gasteiger partial charge < -0.3 is 0 Å². The topological polar surface area (TPSA) is 0 Å². The molecule has 0 radical (unpaired) electrons. The highest BCUT2D eigenvalue weighted by Crippen LogP contribution is 2.30. The minimum Gasteiger partial charge on any atom is -0.207 e. The molecule has 0 spiro atoms. The Hall–Kier alpha value is -1.84. The van der Waals surface area contributed by atoms with Gasteiger partial charge in [-0.05, 0) is 37.5 Å².